The summed E-state index contributed by atoms with van der Waals surface area (Å²) in [6.07, 6.45) is 3.45. The topological polar surface area (TPSA) is 46.6 Å². The average molecular weight is 213 g/mol. The van der Waals surface area contributed by atoms with E-state index in [1.54, 1.807) is 4.90 Å². The molecule has 0 radical (unpaired) electrons. The molecule has 4 heteroatoms. The fourth-order valence-corrected chi connectivity index (χ4v) is 1.66. The smallest absolute Gasteiger partial charge is 0.325 e. The van der Waals surface area contributed by atoms with Crippen molar-refractivity contribution >= 4 is 11.9 Å². The molecule has 0 unspecified atom stereocenters. The van der Waals surface area contributed by atoms with Gasteiger partial charge in [0.25, 0.3) is 0 Å². The summed E-state index contributed by atoms with van der Waals surface area (Å²) in [4.78, 5) is 24.5. The van der Waals surface area contributed by atoms with Crippen LogP contribution in [-0.4, -0.2) is 36.0 Å². The molecule has 0 aromatic carbocycles. The molecule has 1 heterocycles. The molecular weight excluding hydrogens is 194 g/mol. The number of nitrogens with zero attached hydrogens (tertiary/aromatic N) is 1. The SMILES string of the molecule is CC(C)OC(=O)CN1CCCCCC1=O. The van der Waals surface area contributed by atoms with Gasteiger partial charge in [0, 0.05) is 13.0 Å². The summed E-state index contributed by atoms with van der Waals surface area (Å²) in [5.74, 6) is -0.228. The highest BCUT2D eigenvalue weighted by molar-refractivity contribution is 5.82. The standard InChI is InChI=1S/C11H19NO3/c1-9(2)15-11(14)8-12-7-5-3-4-6-10(12)13/h9H,3-8H2,1-2H3. The van der Waals surface area contributed by atoms with Gasteiger partial charge in [-0.05, 0) is 26.7 Å². The van der Waals surface area contributed by atoms with Gasteiger partial charge in [-0.25, -0.2) is 0 Å². The van der Waals surface area contributed by atoms with Gasteiger partial charge in [0.2, 0.25) is 5.91 Å². The highest BCUT2D eigenvalue weighted by Gasteiger charge is 2.20. The molecule has 1 aliphatic heterocycles. The third-order valence-electron chi connectivity index (χ3n) is 2.36. The van der Waals surface area contributed by atoms with Crippen molar-refractivity contribution in [2.75, 3.05) is 13.1 Å². The van der Waals surface area contributed by atoms with Crippen molar-refractivity contribution < 1.29 is 14.3 Å². The van der Waals surface area contributed by atoms with Crippen LogP contribution in [0.1, 0.15) is 39.5 Å². The number of rotatable bonds is 3. The van der Waals surface area contributed by atoms with Crippen molar-refractivity contribution in [3.8, 4) is 0 Å². The van der Waals surface area contributed by atoms with Crippen LogP contribution < -0.4 is 0 Å². The number of hydrogen-bond donors (Lipinski definition) is 0. The van der Waals surface area contributed by atoms with E-state index < -0.39 is 0 Å². The quantitative estimate of drug-likeness (QED) is 0.665. The van der Waals surface area contributed by atoms with Crippen molar-refractivity contribution in [1.82, 2.24) is 4.90 Å². The number of ether oxygens (including phenoxy) is 1. The van der Waals surface area contributed by atoms with Crippen molar-refractivity contribution in [2.45, 2.75) is 45.6 Å². The van der Waals surface area contributed by atoms with Gasteiger partial charge in [0.15, 0.2) is 0 Å². The lowest BCUT2D eigenvalue weighted by molar-refractivity contribution is -0.152. The number of carbonyl (C=O) groups is 2. The lowest BCUT2D eigenvalue weighted by Gasteiger charge is -2.19. The maximum Gasteiger partial charge on any atom is 0.325 e. The van der Waals surface area contributed by atoms with E-state index in [0.717, 1.165) is 19.3 Å². The number of amides is 1. The largest absolute Gasteiger partial charge is 0.462 e. The lowest BCUT2D eigenvalue weighted by atomic mass is 10.2. The van der Waals surface area contributed by atoms with Gasteiger partial charge in [-0.3, -0.25) is 9.59 Å². The highest BCUT2D eigenvalue weighted by Crippen LogP contribution is 2.10. The van der Waals surface area contributed by atoms with E-state index in [1.807, 2.05) is 13.8 Å². The van der Waals surface area contributed by atoms with Crippen LogP contribution in [0.4, 0.5) is 0 Å². The third kappa shape index (κ3) is 4.32. The van der Waals surface area contributed by atoms with Gasteiger partial charge in [-0.2, -0.15) is 0 Å². The molecule has 0 bridgehead atoms. The molecule has 4 nitrogen and oxygen atoms in total. The van der Waals surface area contributed by atoms with E-state index in [9.17, 15) is 9.59 Å². The number of hydrogen-bond acceptors (Lipinski definition) is 3. The van der Waals surface area contributed by atoms with Crippen LogP contribution in [0.3, 0.4) is 0 Å². The first kappa shape index (κ1) is 12.0. The molecule has 86 valence electrons. The summed E-state index contributed by atoms with van der Waals surface area (Å²) >= 11 is 0. The van der Waals surface area contributed by atoms with Crippen LogP contribution >= 0.6 is 0 Å². The van der Waals surface area contributed by atoms with Crippen LogP contribution in [0, 0.1) is 0 Å². The van der Waals surface area contributed by atoms with E-state index in [4.69, 9.17) is 4.74 Å². The summed E-state index contributed by atoms with van der Waals surface area (Å²) in [7, 11) is 0. The zero-order valence-corrected chi connectivity index (χ0v) is 9.49. The van der Waals surface area contributed by atoms with Gasteiger partial charge in [-0.15, -0.1) is 0 Å². The molecule has 0 spiro atoms. The first-order chi connectivity index (χ1) is 7.09. The molecule has 15 heavy (non-hydrogen) atoms. The fraction of sp³-hybridized carbons (Fsp3) is 0.818. The van der Waals surface area contributed by atoms with E-state index in [0.29, 0.717) is 13.0 Å². The van der Waals surface area contributed by atoms with Gasteiger partial charge >= 0.3 is 5.97 Å². The van der Waals surface area contributed by atoms with Crippen LogP contribution in [0.2, 0.25) is 0 Å². The Hall–Kier alpha value is -1.06. The number of carbonyl (C=O) groups excluding carboxylic acids is 2. The highest BCUT2D eigenvalue weighted by atomic mass is 16.5. The second-order valence-corrected chi connectivity index (χ2v) is 4.16. The normalized spacial score (nSPS) is 17.8. The Morgan fingerprint density at radius 1 is 1.40 bits per heavy atom. The van der Waals surface area contributed by atoms with Crippen LogP contribution in [0.15, 0.2) is 0 Å². The van der Waals surface area contributed by atoms with E-state index in [1.165, 1.54) is 0 Å². The Bertz CT molecular complexity index is 238. The Kier molecular flexibility index (Phi) is 4.59. The predicted octanol–water partition coefficient (Wildman–Crippen LogP) is 1.34. The molecule has 1 fully saturated rings. The van der Waals surface area contributed by atoms with Crippen molar-refractivity contribution in [2.24, 2.45) is 0 Å². The van der Waals surface area contributed by atoms with Crippen LogP contribution in [0.5, 0.6) is 0 Å². The van der Waals surface area contributed by atoms with E-state index in [-0.39, 0.29) is 24.5 Å². The fourth-order valence-electron chi connectivity index (χ4n) is 1.66. The molecule has 0 aromatic heterocycles. The first-order valence-electron chi connectivity index (χ1n) is 5.57. The summed E-state index contributed by atoms with van der Waals surface area (Å²) in [5.41, 5.74) is 0. The molecule has 0 N–H and O–H groups in total. The second kappa shape index (κ2) is 5.73. The summed E-state index contributed by atoms with van der Waals surface area (Å²) in [6.45, 7) is 4.41. The molecule has 0 saturated carbocycles. The molecule has 0 atom stereocenters. The molecule has 0 aliphatic carbocycles. The molecule has 1 rings (SSSR count). The molecule has 1 aliphatic rings. The Morgan fingerprint density at radius 3 is 2.80 bits per heavy atom. The Morgan fingerprint density at radius 2 is 2.13 bits per heavy atom. The lowest BCUT2D eigenvalue weighted by Crippen LogP contribution is -2.36. The zero-order valence-electron chi connectivity index (χ0n) is 9.49. The van der Waals surface area contributed by atoms with Gasteiger partial charge < -0.3 is 9.64 Å². The van der Waals surface area contributed by atoms with Crippen molar-refractivity contribution in [1.29, 1.82) is 0 Å². The first-order valence-corrected chi connectivity index (χ1v) is 5.57. The summed E-state index contributed by atoms with van der Waals surface area (Å²) in [6, 6.07) is 0. The Labute approximate surface area is 90.6 Å². The predicted molar refractivity (Wildman–Crippen MR) is 56.3 cm³/mol. The number of esters is 1. The minimum Gasteiger partial charge on any atom is -0.462 e. The van der Waals surface area contributed by atoms with E-state index in [2.05, 4.69) is 0 Å². The van der Waals surface area contributed by atoms with Crippen LogP contribution in [-0.2, 0) is 14.3 Å². The van der Waals surface area contributed by atoms with Gasteiger partial charge in [0.05, 0.1) is 6.10 Å². The molecular formula is C11H19NO3. The van der Waals surface area contributed by atoms with Crippen molar-refractivity contribution in [3.05, 3.63) is 0 Å². The minimum atomic E-state index is -0.305. The third-order valence-corrected chi connectivity index (χ3v) is 2.36. The maximum absolute atomic E-state index is 11.6. The Balaban J connectivity index is 2.41. The monoisotopic (exact) mass is 213 g/mol. The summed E-state index contributed by atoms with van der Waals surface area (Å²) < 4.78 is 5.01. The average Bonchev–Trinajstić information content (AvgIpc) is 2.30. The van der Waals surface area contributed by atoms with Gasteiger partial charge in [0.1, 0.15) is 6.54 Å². The van der Waals surface area contributed by atoms with Crippen molar-refractivity contribution in [3.63, 3.8) is 0 Å². The molecule has 1 saturated heterocycles. The second-order valence-electron chi connectivity index (χ2n) is 4.16. The minimum absolute atomic E-state index is 0.0770. The molecule has 0 aromatic rings. The maximum atomic E-state index is 11.6. The summed E-state index contributed by atoms with van der Waals surface area (Å²) in [5, 5.41) is 0. The van der Waals surface area contributed by atoms with Crippen LogP contribution in [0.25, 0.3) is 0 Å². The zero-order chi connectivity index (χ0) is 11.3. The number of likely N-dealkylation sites (tertiary alicyclic amines) is 1. The molecule has 1 amide bonds. The van der Waals surface area contributed by atoms with E-state index >= 15 is 0 Å². The van der Waals surface area contributed by atoms with Gasteiger partial charge in [-0.1, -0.05) is 6.42 Å².